The molecule has 4 heteroatoms. The van der Waals surface area contributed by atoms with Gasteiger partial charge in [0.1, 0.15) is 5.69 Å². The Morgan fingerprint density at radius 3 is 2.88 bits per heavy atom. The van der Waals surface area contributed by atoms with E-state index in [4.69, 9.17) is 4.74 Å². The molecule has 0 N–H and O–H groups in total. The molecule has 0 saturated carbocycles. The number of nitrogens with zero attached hydrogens (tertiary/aromatic N) is 2. The van der Waals surface area contributed by atoms with Crippen molar-refractivity contribution in [2.75, 3.05) is 32.8 Å². The second-order valence-corrected chi connectivity index (χ2v) is 5.11. The van der Waals surface area contributed by atoms with Gasteiger partial charge in [-0.1, -0.05) is 5.92 Å². The predicted molar refractivity (Wildman–Crippen MR) is 75.7 cm³/mol. The van der Waals surface area contributed by atoms with Crippen molar-refractivity contribution in [2.24, 2.45) is 0 Å². The highest BCUT2D eigenvalue weighted by atomic mass is 127. The summed E-state index contributed by atoms with van der Waals surface area (Å²) in [5.74, 6) is 6.26. The second kappa shape index (κ2) is 6.94. The lowest BCUT2D eigenvalue weighted by atomic mass is 10.3. The fourth-order valence-electron chi connectivity index (χ4n) is 1.64. The molecule has 0 atom stereocenters. The van der Waals surface area contributed by atoms with Crippen molar-refractivity contribution in [3.63, 3.8) is 0 Å². The van der Waals surface area contributed by atoms with E-state index in [2.05, 4.69) is 44.3 Å². The van der Waals surface area contributed by atoms with Crippen LogP contribution >= 0.6 is 22.6 Å². The molecule has 0 bridgehead atoms. The molecule has 1 aliphatic heterocycles. The number of rotatable bonds is 2. The van der Waals surface area contributed by atoms with Gasteiger partial charge in [-0.3, -0.25) is 4.90 Å². The average molecular weight is 342 g/mol. The van der Waals surface area contributed by atoms with E-state index in [-0.39, 0.29) is 0 Å². The van der Waals surface area contributed by atoms with E-state index in [9.17, 15) is 0 Å². The minimum atomic E-state index is 0.853. The van der Waals surface area contributed by atoms with Gasteiger partial charge in [0.2, 0.25) is 0 Å². The van der Waals surface area contributed by atoms with Crippen LogP contribution in [0.2, 0.25) is 0 Å². The van der Waals surface area contributed by atoms with Crippen LogP contribution in [0.3, 0.4) is 0 Å². The van der Waals surface area contributed by atoms with Gasteiger partial charge in [0.05, 0.1) is 13.2 Å². The van der Waals surface area contributed by atoms with E-state index in [1.54, 1.807) is 0 Å². The highest BCUT2D eigenvalue weighted by Crippen LogP contribution is 2.02. The van der Waals surface area contributed by atoms with Gasteiger partial charge in [0.25, 0.3) is 0 Å². The van der Waals surface area contributed by atoms with Gasteiger partial charge < -0.3 is 4.74 Å². The van der Waals surface area contributed by atoms with E-state index < -0.39 is 0 Å². The van der Waals surface area contributed by atoms with Crippen LogP contribution < -0.4 is 0 Å². The zero-order chi connectivity index (χ0) is 11.9. The fourth-order valence-corrected chi connectivity index (χ4v) is 1.96. The summed E-state index contributed by atoms with van der Waals surface area (Å²) >= 11 is 2.24. The number of aromatic nitrogens is 1. The van der Waals surface area contributed by atoms with Gasteiger partial charge in [-0.15, -0.1) is 0 Å². The maximum absolute atomic E-state index is 5.30. The number of morpholine rings is 1. The van der Waals surface area contributed by atoms with Crippen LogP contribution in [0, 0.1) is 15.4 Å². The first-order valence-electron chi connectivity index (χ1n) is 5.75. The Morgan fingerprint density at radius 2 is 2.18 bits per heavy atom. The van der Waals surface area contributed by atoms with Gasteiger partial charge >= 0.3 is 0 Å². The van der Waals surface area contributed by atoms with Crippen molar-refractivity contribution in [2.45, 2.75) is 6.42 Å². The molecule has 1 fully saturated rings. The molecule has 1 saturated heterocycles. The Balaban J connectivity index is 1.76. The highest BCUT2D eigenvalue weighted by molar-refractivity contribution is 14.1. The van der Waals surface area contributed by atoms with Crippen molar-refractivity contribution in [1.29, 1.82) is 0 Å². The van der Waals surface area contributed by atoms with E-state index >= 15 is 0 Å². The normalized spacial score (nSPS) is 16.3. The number of hydrogen-bond donors (Lipinski definition) is 0. The van der Waals surface area contributed by atoms with Gasteiger partial charge in [0, 0.05) is 35.8 Å². The average Bonchev–Trinajstić information content (AvgIpc) is 2.38. The number of pyridine rings is 1. The molecule has 0 aliphatic carbocycles. The first kappa shape index (κ1) is 12.8. The number of halogens is 1. The predicted octanol–water partition coefficient (Wildman–Crippen LogP) is 1.76. The number of ether oxygens (including phenoxy) is 1. The molecule has 1 aliphatic rings. The first-order valence-corrected chi connectivity index (χ1v) is 6.83. The monoisotopic (exact) mass is 342 g/mol. The third-order valence-corrected chi connectivity index (χ3v) is 3.24. The third kappa shape index (κ3) is 4.62. The van der Waals surface area contributed by atoms with Crippen LogP contribution in [0.1, 0.15) is 12.1 Å². The molecule has 2 heterocycles. The minimum absolute atomic E-state index is 0.853. The summed E-state index contributed by atoms with van der Waals surface area (Å²) < 4.78 is 6.44. The molecule has 17 heavy (non-hydrogen) atoms. The summed E-state index contributed by atoms with van der Waals surface area (Å²) in [4.78, 5) is 6.64. The summed E-state index contributed by atoms with van der Waals surface area (Å²) in [5, 5.41) is 0. The zero-order valence-corrected chi connectivity index (χ0v) is 11.8. The lowest BCUT2D eigenvalue weighted by molar-refractivity contribution is 0.0390. The van der Waals surface area contributed by atoms with Gasteiger partial charge in [0.15, 0.2) is 0 Å². The van der Waals surface area contributed by atoms with Crippen molar-refractivity contribution in [3.8, 4) is 11.8 Å². The van der Waals surface area contributed by atoms with Crippen LogP contribution in [0.15, 0.2) is 18.3 Å². The van der Waals surface area contributed by atoms with E-state index in [0.717, 1.165) is 48.5 Å². The minimum Gasteiger partial charge on any atom is -0.379 e. The lowest BCUT2D eigenvalue weighted by Crippen LogP contribution is -2.36. The van der Waals surface area contributed by atoms with Gasteiger partial charge in [-0.2, -0.15) is 0 Å². The molecule has 2 rings (SSSR count). The molecule has 0 amide bonds. The van der Waals surface area contributed by atoms with Crippen LogP contribution in [-0.4, -0.2) is 42.7 Å². The lowest BCUT2D eigenvalue weighted by Gasteiger charge is -2.25. The maximum Gasteiger partial charge on any atom is 0.113 e. The molecule has 0 aromatic carbocycles. The Morgan fingerprint density at radius 1 is 1.35 bits per heavy atom. The standard InChI is InChI=1S/C13H15IN2O/c14-12-4-5-13(15-11-12)3-1-2-6-16-7-9-17-10-8-16/h4-5,11H,2,6-10H2. The summed E-state index contributed by atoms with van der Waals surface area (Å²) in [6.07, 6.45) is 2.74. The Hall–Kier alpha value is -0.640. The third-order valence-electron chi connectivity index (χ3n) is 2.60. The largest absolute Gasteiger partial charge is 0.379 e. The Bertz CT molecular complexity index is 402. The summed E-state index contributed by atoms with van der Waals surface area (Å²) in [6.45, 7) is 4.80. The highest BCUT2D eigenvalue weighted by Gasteiger charge is 2.08. The molecule has 3 nitrogen and oxygen atoms in total. The van der Waals surface area contributed by atoms with Crippen LogP contribution in [0.25, 0.3) is 0 Å². The van der Waals surface area contributed by atoms with Crippen LogP contribution in [0.4, 0.5) is 0 Å². The van der Waals surface area contributed by atoms with Crippen molar-refractivity contribution in [3.05, 3.63) is 27.6 Å². The quantitative estimate of drug-likeness (QED) is 0.605. The van der Waals surface area contributed by atoms with Crippen molar-refractivity contribution in [1.82, 2.24) is 9.88 Å². The fraction of sp³-hybridized carbons (Fsp3) is 0.462. The molecule has 0 spiro atoms. The molecular weight excluding hydrogens is 327 g/mol. The molecular formula is C13H15IN2O. The number of hydrogen-bond acceptors (Lipinski definition) is 3. The van der Waals surface area contributed by atoms with E-state index in [0.29, 0.717) is 0 Å². The first-order chi connectivity index (χ1) is 8.34. The topological polar surface area (TPSA) is 25.4 Å². The molecule has 1 aromatic heterocycles. The van der Waals surface area contributed by atoms with Crippen LogP contribution in [0.5, 0.6) is 0 Å². The molecule has 1 aromatic rings. The maximum atomic E-state index is 5.30. The van der Waals surface area contributed by atoms with E-state index in [1.807, 2.05) is 18.3 Å². The van der Waals surface area contributed by atoms with E-state index in [1.165, 1.54) is 0 Å². The SMILES string of the molecule is Ic1ccc(C#CCCN2CCOCC2)nc1. The van der Waals surface area contributed by atoms with Gasteiger partial charge in [-0.25, -0.2) is 4.98 Å². The summed E-state index contributed by atoms with van der Waals surface area (Å²) in [7, 11) is 0. The van der Waals surface area contributed by atoms with Crippen LogP contribution in [-0.2, 0) is 4.74 Å². The zero-order valence-electron chi connectivity index (χ0n) is 9.66. The van der Waals surface area contributed by atoms with Crippen molar-refractivity contribution >= 4 is 22.6 Å². The van der Waals surface area contributed by atoms with Gasteiger partial charge in [-0.05, 0) is 40.6 Å². The summed E-state index contributed by atoms with van der Waals surface area (Å²) in [6, 6.07) is 3.99. The Labute approximate surface area is 116 Å². The molecule has 0 radical (unpaired) electrons. The smallest absolute Gasteiger partial charge is 0.113 e. The second-order valence-electron chi connectivity index (χ2n) is 3.87. The molecule has 0 unspecified atom stereocenters. The Kier molecular flexibility index (Phi) is 5.23. The molecule has 90 valence electrons. The summed E-state index contributed by atoms with van der Waals surface area (Å²) in [5.41, 5.74) is 0.854. The van der Waals surface area contributed by atoms with Crippen molar-refractivity contribution < 1.29 is 4.74 Å².